The first-order valence-corrected chi connectivity index (χ1v) is 6.73. The molecule has 1 aromatic carbocycles. The van der Waals surface area contributed by atoms with Gasteiger partial charge in [0.15, 0.2) is 5.60 Å². The monoisotopic (exact) mass is 293 g/mol. The number of benzene rings is 1. The van der Waals surface area contributed by atoms with Gasteiger partial charge in [0, 0.05) is 0 Å². The van der Waals surface area contributed by atoms with E-state index < -0.39 is 28.1 Å². The van der Waals surface area contributed by atoms with Crippen LogP contribution in [0.15, 0.2) is 29.2 Å². The van der Waals surface area contributed by atoms with Crippen LogP contribution in [0.3, 0.4) is 0 Å². The highest BCUT2D eigenvalue weighted by atomic mass is 35.5. The van der Waals surface area contributed by atoms with Gasteiger partial charge < -0.3 is 10.2 Å². The Morgan fingerprint density at radius 2 is 2.00 bits per heavy atom. The molecule has 0 amide bonds. The number of sulfonamides is 1. The average molecular weight is 294 g/mol. The maximum atomic E-state index is 11.8. The van der Waals surface area contributed by atoms with Crippen LogP contribution in [0.2, 0.25) is 5.02 Å². The number of hydrogen-bond donors (Lipinski definition) is 3. The highest BCUT2D eigenvalue weighted by molar-refractivity contribution is 7.89. The van der Waals surface area contributed by atoms with E-state index in [2.05, 4.69) is 0 Å². The number of nitrogens with one attached hydrogen (secondary N) is 1. The SMILES string of the molecule is CC(O)(CNS(=O)(=O)c1ccccc1Cl)C(=O)O. The number of carboxylic acids is 1. The maximum Gasteiger partial charge on any atom is 0.336 e. The molecule has 18 heavy (non-hydrogen) atoms. The molecule has 0 aliphatic rings. The Hall–Kier alpha value is -1.15. The maximum absolute atomic E-state index is 11.8. The fraction of sp³-hybridized carbons (Fsp3) is 0.300. The van der Waals surface area contributed by atoms with E-state index in [-0.39, 0.29) is 9.92 Å². The van der Waals surface area contributed by atoms with Crippen molar-refractivity contribution in [2.24, 2.45) is 0 Å². The van der Waals surface area contributed by atoms with Crippen molar-refractivity contribution in [2.45, 2.75) is 17.4 Å². The van der Waals surface area contributed by atoms with Crippen LogP contribution >= 0.6 is 11.6 Å². The zero-order valence-corrected chi connectivity index (χ0v) is 11.0. The van der Waals surface area contributed by atoms with Crippen LogP contribution < -0.4 is 4.72 Å². The highest BCUT2D eigenvalue weighted by Gasteiger charge is 2.32. The molecule has 0 aliphatic heterocycles. The fourth-order valence-electron chi connectivity index (χ4n) is 1.05. The molecule has 0 radical (unpaired) electrons. The molecule has 0 spiro atoms. The summed E-state index contributed by atoms with van der Waals surface area (Å²) >= 11 is 5.72. The summed E-state index contributed by atoms with van der Waals surface area (Å²) in [5.41, 5.74) is -2.19. The lowest BCUT2D eigenvalue weighted by Crippen LogP contribution is -2.46. The molecule has 1 aromatic rings. The number of aliphatic carboxylic acids is 1. The van der Waals surface area contributed by atoms with Gasteiger partial charge in [0.2, 0.25) is 10.0 Å². The quantitative estimate of drug-likeness (QED) is 0.731. The first-order chi connectivity index (χ1) is 8.17. The molecular weight excluding hydrogens is 282 g/mol. The third-order valence-corrected chi connectivity index (χ3v) is 4.09. The Balaban J connectivity index is 2.92. The van der Waals surface area contributed by atoms with Crippen molar-refractivity contribution in [1.29, 1.82) is 0 Å². The van der Waals surface area contributed by atoms with E-state index in [1.807, 2.05) is 4.72 Å². The smallest absolute Gasteiger partial charge is 0.336 e. The largest absolute Gasteiger partial charge is 0.479 e. The third-order valence-electron chi connectivity index (χ3n) is 2.19. The average Bonchev–Trinajstić information content (AvgIpc) is 2.27. The van der Waals surface area contributed by atoms with E-state index in [0.29, 0.717) is 0 Å². The van der Waals surface area contributed by atoms with Crippen LogP contribution in [-0.2, 0) is 14.8 Å². The lowest BCUT2D eigenvalue weighted by atomic mass is 10.1. The van der Waals surface area contributed by atoms with Gasteiger partial charge in [-0.3, -0.25) is 0 Å². The van der Waals surface area contributed by atoms with Crippen LogP contribution in [0.1, 0.15) is 6.92 Å². The van der Waals surface area contributed by atoms with Crippen molar-refractivity contribution in [1.82, 2.24) is 4.72 Å². The minimum atomic E-state index is -3.96. The van der Waals surface area contributed by atoms with Crippen molar-refractivity contribution in [3.05, 3.63) is 29.3 Å². The Morgan fingerprint density at radius 1 is 1.44 bits per heavy atom. The fourth-order valence-corrected chi connectivity index (χ4v) is 2.70. The first-order valence-electron chi connectivity index (χ1n) is 4.87. The summed E-state index contributed by atoms with van der Waals surface area (Å²) in [4.78, 5) is 10.5. The Kier molecular flexibility index (Phi) is 4.33. The minimum Gasteiger partial charge on any atom is -0.479 e. The second-order valence-corrected chi connectivity index (χ2v) is 5.98. The molecule has 3 N–H and O–H groups in total. The zero-order valence-electron chi connectivity index (χ0n) is 9.42. The second-order valence-electron chi connectivity index (χ2n) is 3.83. The van der Waals surface area contributed by atoms with Crippen LogP contribution in [0.4, 0.5) is 0 Å². The van der Waals surface area contributed by atoms with Gasteiger partial charge >= 0.3 is 5.97 Å². The molecule has 1 unspecified atom stereocenters. The van der Waals surface area contributed by atoms with E-state index in [1.54, 1.807) is 6.07 Å². The highest BCUT2D eigenvalue weighted by Crippen LogP contribution is 2.20. The Bertz CT molecular complexity index is 555. The number of rotatable bonds is 5. The Morgan fingerprint density at radius 3 is 2.50 bits per heavy atom. The van der Waals surface area contributed by atoms with Crippen molar-refractivity contribution in [3.63, 3.8) is 0 Å². The molecular formula is C10H12ClNO5S. The predicted octanol–water partition coefficient (Wildman–Crippen LogP) is 0.454. The first kappa shape index (κ1) is 14.9. The van der Waals surface area contributed by atoms with Crippen LogP contribution in [0.5, 0.6) is 0 Å². The molecule has 0 bridgehead atoms. The van der Waals surface area contributed by atoms with Gasteiger partial charge in [-0.05, 0) is 19.1 Å². The molecule has 0 aliphatic carbocycles. The van der Waals surface area contributed by atoms with E-state index in [0.717, 1.165) is 6.92 Å². The topological polar surface area (TPSA) is 104 Å². The number of aliphatic hydroxyl groups is 1. The Labute approximate surface area is 109 Å². The van der Waals surface area contributed by atoms with Crippen LogP contribution in [-0.4, -0.2) is 36.7 Å². The lowest BCUT2D eigenvalue weighted by Gasteiger charge is -2.18. The molecule has 0 saturated carbocycles. The molecule has 1 atom stereocenters. The number of carboxylic acid groups (broad SMARTS) is 1. The summed E-state index contributed by atoms with van der Waals surface area (Å²) in [6, 6.07) is 5.72. The van der Waals surface area contributed by atoms with Gasteiger partial charge in [0.05, 0.1) is 11.6 Å². The number of carbonyl (C=O) groups is 1. The molecule has 8 heteroatoms. The van der Waals surface area contributed by atoms with E-state index in [4.69, 9.17) is 16.7 Å². The van der Waals surface area contributed by atoms with Crippen LogP contribution in [0, 0.1) is 0 Å². The molecule has 0 heterocycles. The van der Waals surface area contributed by atoms with Gasteiger partial charge in [-0.15, -0.1) is 0 Å². The molecule has 100 valence electrons. The normalized spacial score (nSPS) is 15.1. The van der Waals surface area contributed by atoms with Gasteiger partial charge in [0.25, 0.3) is 0 Å². The van der Waals surface area contributed by atoms with Gasteiger partial charge in [-0.25, -0.2) is 17.9 Å². The van der Waals surface area contributed by atoms with Crippen LogP contribution in [0.25, 0.3) is 0 Å². The summed E-state index contributed by atoms with van der Waals surface area (Å²) in [7, 11) is -3.96. The van der Waals surface area contributed by atoms with Crippen molar-refractivity contribution in [3.8, 4) is 0 Å². The summed E-state index contributed by atoms with van der Waals surface area (Å²) in [5, 5.41) is 18.1. The number of hydrogen-bond acceptors (Lipinski definition) is 4. The van der Waals surface area contributed by atoms with Gasteiger partial charge in [-0.1, -0.05) is 23.7 Å². The second kappa shape index (κ2) is 5.23. The predicted molar refractivity (Wildman–Crippen MR) is 64.9 cm³/mol. The lowest BCUT2D eigenvalue weighted by molar-refractivity contribution is -0.155. The standard InChI is InChI=1S/C10H12ClNO5S/c1-10(15,9(13)14)6-12-18(16,17)8-5-3-2-4-7(8)11/h2-5,12,15H,6H2,1H3,(H,13,14). The minimum absolute atomic E-state index is 0.0139. The van der Waals surface area contributed by atoms with Crippen molar-refractivity contribution < 1.29 is 23.4 Å². The molecule has 1 rings (SSSR count). The van der Waals surface area contributed by atoms with Crippen molar-refractivity contribution in [2.75, 3.05) is 6.54 Å². The van der Waals surface area contributed by atoms with Gasteiger partial charge in [0.1, 0.15) is 4.90 Å². The van der Waals surface area contributed by atoms with E-state index >= 15 is 0 Å². The van der Waals surface area contributed by atoms with Gasteiger partial charge in [-0.2, -0.15) is 0 Å². The third kappa shape index (κ3) is 3.42. The summed E-state index contributed by atoms with van der Waals surface area (Å²) in [6.07, 6.45) is 0. The molecule has 6 nitrogen and oxygen atoms in total. The zero-order chi connectivity index (χ0) is 14.0. The van der Waals surface area contributed by atoms with Crippen molar-refractivity contribution >= 4 is 27.6 Å². The molecule has 0 aromatic heterocycles. The summed E-state index contributed by atoms with van der Waals surface area (Å²) < 4.78 is 25.6. The van der Waals surface area contributed by atoms with E-state index in [9.17, 15) is 18.3 Å². The molecule has 0 saturated heterocycles. The summed E-state index contributed by atoms with van der Waals surface area (Å²) in [5.74, 6) is -1.52. The van der Waals surface area contributed by atoms with E-state index in [1.165, 1.54) is 18.2 Å². The molecule has 0 fully saturated rings. The number of halogens is 1. The summed E-state index contributed by atoms with van der Waals surface area (Å²) in [6.45, 7) is 0.334.